The van der Waals surface area contributed by atoms with Gasteiger partial charge in [0.25, 0.3) is 0 Å². The molecular weight excluding hydrogens is 249 g/mol. The Labute approximate surface area is 111 Å². The van der Waals surface area contributed by atoms with Gasteiger partial charge in [-0.2, -0.15) is 0 Å². The third kappa shape index (κ3) is 4.87. The number of carbonyl (C=O) groups is 1. The Balaban J connectivity index is 1.89. The lowest BCUT2D eigenvalue weighted by molar-refractivity contribution is -0.145. The van der Waals surface area contributed by atoms with Crippen LogP contribution in [0, 0.1) is 5.82 Å². The van der Waals surface area contributed by atoms with Crippen LogP contribution in [-0.2, 0) is 16.1 Å². The molecule has 0 aromatic heterocycles. The molecule has 1 fully saturated rings. The summed E-state index contributed by atoms with van der Waals surface area (Å²) in [5.41, 5.74) is 0.811. The van der Waals surface area contributed by atoms with Gasteiger partial charge in [-0.3, -0.25) is 0 Å². The first kappa shape index (κ1) is 13.8. The number of nitrogens with one attached hydrogen (secondary N) is 1. The normalized spacial score (nSPS) is 14.2. The minimum atomic E-state index is -0.454. The Morgan fingerprint density at radius 3 is 2.89 bits per heavy atom. The van der Waals surface area contributed by atoms with Crippen LogP contribution in [0.3, 0.4) is 0 Å². The number of esters is 1. The van der Waals surface area contributed by atoms with Crippen molar-refractivity contribution in [2.45, 2.75) is 32.4 Å². The molecule has 0 heterocycles. The molecule has 1 saturated carbocycles. The van der Waals surface area contributed by atoms with Crippen LogP contribution in [0.4, 0.5) is 4.39 Å². The molecule has 0 unspecified atom stereocenters. The molecule has 0 aliphatic heterocycles. The molecule has 0 saturated heterocycles. The Hall–Kier alpha value is -1.62. The second-order valence-corrected chi connectivity index (χ2v) is 4.54. The van der Waals surface area contributed by atoms with Crippen molar-refractivity contribution >= 4 is 5.97 Å². The van der Waals surface area contributed by atoms with Gasteiger partial charge in [0.15, 0.2) is 6.61 Å². The molecule has 1 aromatic carbocycles. The van der Waals surface area contributed by atoms with Gasteiger partial charge >= 0.3 is 5.97 Å². The average molecular weight is 267 g/mol. The van der Waals surface area contributed by atoms with E-state index in [1.54, 1.807) is 13.0 Å². The quantitative estimate of drug-likeness (QED) is 0.768. The Bertz CT molecular complexity index is 446. The molecule has 0 bridgehead atoms. The number of ether oxygens (including phenoxy) is 2. The van der Waals surface area contributed by atoms with Crippen molar-refractivity contribution in [3.8, 4) is 5.75 Å². The van der Waals surface area contributed by atoms with Crippen molar-refractivity contribution in [1.82, 2.24) is 5.32 Å². The van der Waals surface area contributed by atoms with Gasteiger partial charge in [0.05, 0.1) is 6.61 Å². The number of rotatable bonds is 7. The zero-order valence-electron chi connectivity index (χ0n) is 10.9. The first-order valence-electron chi connectivity index (χ1n) is 6.48. The van der Waals surface area contributed by atoms with E-state index in [0.717, 1.165) is 5.56 Å². The molecule has 0 atom stereocenters. The third-order valence-corrected chi connectivity index (χ3v) is 2.77. The zero-order chi connectivity index (χ0) is 13.7. The predicted octanol–water partition coefficient (Wildman–Crippen LogP) is 2.02. The van der Waals surface area contributed by atoms with Gasteiger partial charge in [-0.05, 0) is 37.5 Å². The lowest BCUT2D eigenvalue weighted by atomic mass is 10.2. The van der Waals surface area contributed by atoms with Gasteiger partial charge in [0.1, 0.15) is 11.6 Å². The molecule has 0 amide bonds. The third-order valence-electron chi connectivity index (χ3n) is 2.77. The number of hydrogen-bond donors (Lipinski definition) is 1. The van der Waals surface area contributed by atoms with Crippen LogP contribution in [0.5, 0.6) is 5.75 Å². The monoisotopic (exact) mass is 267 g/mol. The van der Waals surface area contributed by atoms with E-state index >= 15 is 0 Å². The summed E-state index contributed by atoms with van der Waals surface area (Å²) in [7, 11) is 0. The molecule has 0 spiro atoms. The summed E-state index contributed by atoms with van der Waals surface area (Å²) in [6.07, 6.45) is 2.36. The molecule has 1 aliphatic rings. The fourth-order valence-corrected chi connectivity index (χ4v) is 1.70. The maximum atomic E-state index is 13.4. The second-order valence-electron chi connectivity index (χ2n) is 4.54. The molecule has 1 aliphatic carbocycles. The zero-order valence-corrected chi connectivity index (χ0v) is 10.9. The van der Waals surface area contributed by atoms with Crippen molar-refractivity contribution in [1.29, 1.82) is 0 Å². The number of hydrogen-bond acceptors (Lipinski definition) is 4. The molecule has 4 nitrogen and oxygen atoms in total. The van der Waals surface area contributed by atoms with Crippen molar-refractivity contribution in [2.24, 2.45) is 0 Å². The van der Waals surface area contributed by atoms with Crippen molar-refractivity contribution < 1.29 is 18.7 Å². The van der Waals surface area contributed by atoms with E-state index in [4.69, 9.17) is 9.47 Å². The van der Waals surface area contributed by atoms with Gasteiger partial charge in [-0.25, -0.2) is 9.18 Å². The molecule has 104 valence electrons. The van der Waals surface area contributed by atoms with E-state index in [1.807, 2.05) is 0 Å². The van der Waals surface area contributed by atoms with Crippen LogP contribution in [0.2, 0.25) is 0 Å². The largest absolute Gasteiger partial charge is 0.482 e. The minimum absolute atomic E-state index is 0.202. The van der Waals surface area contributed by atoms with E-state index in [1.165, 1.54) is 25.0 Å². The standard InChI is InChI=1S/C14H18FNO3/c1-2-18-14(17)9-19-13-6-10(5-11(15)7-13)8-16-12-3-4-12/h5-7,12,16H,2-4,8-9H2,1H3. The van der Waals surface area contributed by atoms with E-state index in [-0.39, 0.29) is 12.4 Å². The summed E-state index contributed by atoms with van der Waals surface area (Å²) < 4.78 is 23.4. The summed E-state index contributed by atoms with van der Waals surface area (Å²) in [5, 5.41) is 3.30. The maximum Gasteiger partial charge on any atom is 0.344 e. The second kappa shape index (κ2) is 6.52. The van der Waals surface area contributed by atoms with Crippen LogP contribution in [0.25, 0.3) is 0 Å². The van der Waals surface area contributed by atoms with Crippen LogP contribution in [0.1, 0.15) is 25.3 Å². The SMILES string of the molecule is CCOC(=O)COc1cc(F)cc(CNC2CC2)c1. The highest BCUT2D eigenvalue weighted by atomic mass is 19.1. The van der Waals surface area contributed by atoms with Crippen LogP contribution in [0.15, 0.2) is 18.2 Å². The van der Waals surface area contributed by atoms with Crippen molar-refractivity contribution in [3.05, 3.63) is 29.6 Å². The van der Waals surface area contributed by atoms with Crippen LogP contribution < -0.4 is 10.1 Å². The van der Waals surface area contributed by atoms with Gasteiger partial charge in [-0.15, -0.1) is 0 Å². The highest BCUT2D eigenvalue weighted by Gasteiger charge is 2.20. The Kier molecular flexibility index (Phi) is 4.74. The number of halogens is 1. The first-order valence-corrected chi connectivity index (χ1v) is 6.48. The summed E-state index contributed by atoms with van der Waals surface area (Å²) >= 11 is 0. The van der Waals surface area contributed by atoms with Crippen molar-refractivity contribution in [3.63, 3.8) is 0 Å². The van der Waals surface area contributed by atoms with E-state index in [2.05, 4.69) is 5.32 Å². The topological polar surface area (TPSA) is 47.6 Å². The molecular formula is C14H18FNO3. The predicted molar refractivity (Wildman–Crippen MR) is 68.4 cm³/mol. The molecule has 5 heteroatoms. The van der Waals surface area contributed by atoms with Gasteiger partial charge in [0.2, 0.25) is 0 Å². The summed E-state index contributed by atoms with van der Waals surface area (Å²) in [4.78, 5) is 11.2. The maximum absolute atomic E-state index is 13.4. The van der Waals surface area contributed by atoms with E-state index in [0.29, 0.717) is 24.9 Å². The van der Waals surface area contributed by atoms with Gasteiger partial charge < -0.3 is 14.8 Å². The number of benzene rings is 1. The molecule has 1 N–H and O–H groups in total. The van der Waals surface area contributed by atoms with Crippen LogP contribution >= 0.6 is 0 Å². The molecule has 0 radical (unpaired) electrons. The molecule has 19 heavy (non-hydrogen) atoms. The lowest BCUT2D eigenvalue weighted by Gasteiger charge is -2.09. The van der Waals surface area contributed by atoms with E-state index in [9.17, 15) is 9.18 Å². The Morgan fingerprint density at radius 2 is 2.21 bits per heavy atom. The summed E-state index contributed by atoms with van der Waals surface area (Å²) in [6.45, 7) is 2.44. The summed E-state index contributed by atoms with van der Waals surface area (Å²) in [5.74, 6) is -0.473. The van der Waals surface area contributed by atoms with Crippen molar-refractivity contribution in [2.75, 3.05) is 13.2 Å². The lowest BCUT2D eigenvalue weighted by Crippen LogP contribution is -2.16. The fourth-order valence-electron chi connectivity index (χ4n) is 1.70. The average Bonchev–Trinajstić information content (AvgIpc) is 3.18. The molecule has 2 rings (SSSR count). The fraction of sp³-hybridized carbons (Fsp3) is 0.500. The highest BCUT2D eigenvalue weighted by molar-refractivity contribution is 5.71. The first-order chi connectivity index (χ1) is 9.17. The van der Waals surface area contributed by atoms with Gasteiger partial charge in [0, 0.05) is 18.7 Å². The smallest absolute Gasteiger partial charge is 0.344 e. The molecule has 1 aromatic rings. The van der Waals surface area contributed by atoms with Crippen LogP contribution in [-0.4, -0.2) is 25.2 Å². The van der Waals surface area contributed by atoms with Gasteiger partial charge in [-0.1, -0.05) is 0 Å². The minimum Gasteiger partial charge on any atom is -0.482 e. The highest BCUT2D eigenvalue weighted by Crippen LogP contribution is 2.21. The summed E-state index contributed by atoms with van der Waals surface area (Å²) in [6, 6.07) is 5.02. The Morgan fingerprint density at radius 1 is 1.42 bits per heavy atom. The van der Waals surface area contributed by atoms with E-state index < -0.39 is 5.97 Å². The number of carbonyl (C=O) groups excluding carboxylic acids is 1.